The number of carboxylic acid groups (broad SMARTS) is 1. The van der Waals surface area contributed by atoms with E-state index in [0.29, 0.717) is 31.8 Å². The minimum atomic E-state index is -1.09. The van der Waals surface area contributed by atoms with Crippen molar-refractivity contribution in [1.29, 1.82) is 0 Å². The van der Waals surface area contributed by atoms with E-state index < -0.39 is 11.5 Å². The summed E-state index contributed by atoms with van der Waals surface area (Å²) in [5, 5.41) is 15.2. The lowest BCUT2D eigenvalue weighted by Gasteiger charge is -2.38. The van der Waals surface area contributed by atoms with Gasteiger partial charge in [-0.15, -0.1) is 0 Å². The first-order valence-corrected chi connectivity index (χ1v) is 7.36. The van der Waals surface area contributed by atoms with Crippen molar-refractivity contribution < 1.29 is 14.7 Å². The van der Waals surface area contributed by atoms with Crippen LogP contribution >= 0.6 is 0 Å². The first-order chi connectivity index (χ1) is 9.45. The second kappa shape index (κ2) is 7.47. The van der Waals surface area contributed by atoms with Crippen molar-refractivity contribution in [3.05, 3.63) is 0 Å². The van der Waals surface area contributed by atoms with Crippen molar-refractivity contribution in [2.24, 2.45) is 5.92 Å². The number of carboxylic acids is 1. The lowest BCUT2D eigenvalue weighted by Crippen LogP contribution is -2.59. The molecule has 0 bridgehead atoms. The van der Waals surface area contributed by atoms with E-state index in [-0.39, 0.29) is 6.03 Å². The maximum atomic E-state index is 12.1. The molecule has 116 valence electrons. The molecule has 1 aliphatic carbocycles. The fourth-order valence-electron chi connectivity index (χ4n) is 2.65. The summed E-state index contributed by atoms with van der Waals surface area (Å²) < 4.78 is 0. The van der Waals surface area contributed by atoms with E-state index in [9.17, 15) is 14.7 Å². The van der Waals surface area contributed by atoms with E-state index >= 15 is 0 Å². The highest BCUT2D eigenvalue weighted by atomic mass is 16.4. The molecule has 0 radical (unpaired) electrons. The van der Waals surface area contributed by atoms with Crippen LogP contribution in [0.1, 0.15) is 39.0 Å². The Hall–Kier alpha value is -1.30. The molecular formula is C14H27N3O3. The SMILES string of the molecule is CCC1CCC(NC(=O)N(C)CCNC)(C(=O)O)CC1. The summed E-state index contributed by atoms with van der Waals surface area (Å²) in [4.78, 5) is 25.2. The smallest absolute Gasteiger partial charge is 0.329 e. The monoisotopic (exact) mass is 285 g/mol. The zero-order chi connectivity index (χ0) is 15.2. The Morgan fingerprint density at radius 2 is 1.95 bits per heavy atom. The molecule has 6 nitrogen and oxygen atoms in total. The van der Waals surface area contributed by atoms with Gasteiger partial charge in [0.25, 0.3) is 0 Å². The number of hydrogen-bond donors (Lipinski definition) is 3. The molecule has 0 aliphatic heterocycles. The highest BCUT2D eigenvalue weighted by Gasteiger charge is 2.43. The van der Waals surface area contributed by atoms with Gasteiger partial charge in [0, 0.05) is 20.1 Å². The van der Waals surface area contributed by atoms with Crippen LogP contribution in [0.4, 0.5) is 4.79 Å². The Labute approximate surface area is 120 Å². The molecule has 0 heterocycles. The Morgan fingerprint density at radius 1 is 1.35 bits per heavy atom. The first-order valence-electron chi connectivity index (χ1n) is 7.36. The predicted molar refractivity (Wildman–Crippen MR) is 77.7 cm³/mol. The number of aliphatic carboxylic acids is 1. The molecule has 1 fully saturated rings. The fraction of sp³-hybridized carbons (Fsp3) is 0.857. The molecule has 0 unspecified atom stereocenters. The van der Waals surface area contributed by atoms with Crippen molar-refractivity contribution >= 4 is 12.0 Å². The molecule has 0 spiro atoms. The van der Waals surface area contributed by atoms with Crippen molar-refractivity contribution in [1.82, 2.24) is 15.5 Å². The van der Waals surface area contributed by atoms with E-state index in [1.54, 1.807) is 7.05 Å². The third-order valence-corrected chi connectivity index (χ3v) is 4.34. The van der Waals surface area contributed by atoms with Gasteiger partial charge >= 0.3 is 12.0 Å². The van der Waals surface area contributed by atoms with Gasteiger partial charge < -0.3 is 20.6 Å². The Kier molecular flexibility index (Phi) is 6.26. The average Bonchev–Trinajstić information content (AvgIpc) is 2.45. The van der Waals surface area contributed by atoms with Crippen LogP contribution in [-0.2, 0) is 4.79 Å². The van der Waals surface area contributed by atoms with Crippen LogP contribution in [-0.4, -0.2) is 54.7 Å². The van der Waals surface area contributed by atoms with Crippen LogP contribution in [0, 0.1) is 5.92 Å². The van der Waals surface area contributed by atoms with Gasteiger partial charge in [0.05, 0.1) is 0 Å². The van der Waals surface area contributed by atoms with Crippen molar-refractivity contribution in [2.75, 3.05) is 27.2 Å². The third-order valence-electron chi connectivity index (χ3n) is 4.34. The van der Waals surface area contributed by atoms with E-state index in [1.165, 1.54) is 4.90 Å². The van der Waals surface area contributed by atoms with Crippen molar-refractivity contribution in [3.8, 4) is 0 Å². The number of urea groups is 1. The lowest BCUT2D eigenvalue weighted by molar-refractivity contribution is -0.146. The van der Waals surface area contributed by atoms with Crippen LogP contribution in [0.5, 0.6) is 0 Å². The number of hydrogen-bond acceptors (Lipinski definition) is 3. The molecule has 1 rings (SSSR count). The molecule has 1 aliphatic rings. The third kappa shape index (κ3) is 4.10. The Bertz CT molecular complexity index is 339. The molecule has 0 aromatic heterocycles. The number of likely N-dealkylation sites (N-methyl/N-ethyl adjacent to an activating group) is 2. The number of rotatable bonds is 6. The van der Waals surface area contributed by atoms with Gasteiger partial charge in [-0.1, -0.05) is 13.3 Å². The standard InChI is InChI=1S/C14H27N3O3/c1-4-11-5-7-14(8-6-11,12(18)19)16-13(20)17(3)10-9-15-2/h11,15H,4-10H2,1-3H3,(H,16,20)(H,18,19). The number of nitrogens with zero attached hydrogens (tertiary/aromatic N) is 1. The zero-order valence-corrected chi connectivity index (χ0v) is 12.7. The maximum absolute atomic E-state index is 12.1. The summed E-state index contributed by atoms with van der Waals surface area (Å²) in [6.45, 7) is 3.36. The second-order valence-corrected chi connectivity index (χ2v) is 5.69. The van der Waals surface area contributed by atoms with Gasteiger partial charge in [0.1, 0.15) is 5.54 Å². The number of nitrogens with one attached hydrogen (secondary N) is 2. The molecule has 0 atom stereocenters. The van der Waals surface area contributed by atoms with Gasteiger partial charge in [-0.05, 0) is 38.6 Å². The van der Waals surface area contributed by atoms with Crippen molar-refractivity contribution in [3.63, 3.8) is 0 Å². The first kappa shape index (κ1) is 16.8. The topological polar surface area (TPSA) is 81.7 Å². The number of amides is 2. The normalized spacial score (nSPS) is 26.1. The lowest BCUT2D eigenvalue weighted by atomic mass is 9.75. The minimum absolute atomic E-state index is 0.308. The van der Waals surface area contributed by atoms with Gasteiger partial charge in [0.2, 0.25) is 0 Å². The molecule has 2 amide bonds. The molecule has 3 N–H and O–H groups in total. The van der Waals surface area contributed by atoms with Crippen LogP contribution in [0.15, 0.2) is 0 Å². The predicted octanol–water partition coefficient (Wildman–Crippen LogP) is 1.27. The Morgan fingerprint density at radius 3 is 2.40 bits per heavy atom. The van der Waals surface area contributed by atoms with E-state index in [2.05, 4.69) is 17.6 Å². The number of carbonyl (C=O) groups excluding carboxylic acids is 1. The molecule has 6 heteroatoms. The van der Waals surface area contributed by atoms with Crippen molar-refractivity contribution in [2.45, 2.75) is 44.6 Å². The van der Waals surface area contributed by atoms with Crippen LogP contribution in [0.25, 0.3) is 0 Å². The molecule has 1 saturated carbocycles. The average molecular weight is 285 g/mol. The van der Waals surface area contributed by atoms with Gasteiger partial charge in [0.15, 0.2) is 0 Å². The Balaban J connectivity index is 2.64. The second-order valence-electron chi connectivity index (χ2n) is 5.69. The van der Waals surface area contributed by atoms with E-state index in [1.807, 2.05) is 7.05 Å². The summed E-state index contributed by atoms with van der Waals surface area (Å²) in [5.41, 5.74) is -1.09. The van der Waals surface area contributed by atoms with Gasteiger partial charge in [-0.25, -0.2) is 9.59 Å². The molecule has 20 heavy (non-hydrogen) atoms. The van der Waals surface area contributed by atoms with E-state index in [4.69, 9.17) is 0 Å². The van der Waals surface area contributed by atoms with Crippen LogP contribution in [0.2, 0.25) is 0 Å². The van der Waals surface area contributed by atoms with Gasteiger partial charge in [-0.2, -0.15) is 0 Å². The van der Waals surface area contributed by atoms with Crippen LogP contribution in [0.3, 0.4) is 0 Å². The molecule has 0 aromatic carbocycles. The maximum Gasteiger partial charge on any atom is 0.329 e. The van der Waals surface area contributed by atoms with Crippen LogP contribution < -0.4 is 10.6 Å². The number of carbonyl (C=O) groups is 2. The zero-order valence-electron chi connectivity index (χ0n) is 12.7. The summed E-state index contributed by atoms with van der Waals surface area (Å²) in [5.74, 6) is -0.330. The molecule has 0 aromatic rings. The summed E-state index contributed by atoms with van der Waals surface area (Å²) in [6.07, 6.45) is 3.84. The summed E-state index contributed by atoms with van der Waals surface area (Å²) in [6, 6.07) is -0.308. The summed E-state index contributed by atoms with van der Waals surface area (Å²) in [7, 11) is 3.50. The largest absolute Gasteiger partial charge is 0.480 e. The minimum Gasteiger partial charge on any atom is -0.480 e. The fourth-order valence-corrected chi connectivity index (χ4v) is 2.65. The van der Waals surface area contributed by atoms with E-state index in [0.717, 1.165) is 19.3 Å². The molecular weight excluding hydrogens is 258 g/mol. The quantitative estimate of drug-likeness (QED) is 0.686. The highest BCUT2D eigenvalue weighted by Crippen LogP contribution is 2.34. The highest BCUT2D eigenvalue weighted by molar-refractivity contribution is 5.86. The summed E-state index contributed by atoms with van der Waals surface area (Å²) >= 11 is 0. The van der Waals surface area contributed by atoms with Gasteiger partial charge in [-0.3, -0.25) is 0 Å². The molecule has 0 saturated heterocycles.